The van der Waals surface area contributed by atoms with Gasteiger partial charge in [-0.3, -0.25) is 9.59 Å². The lowest BCUT2D eigenvalue weighted by atomic mass is 10.0. The number of aliphatic hydroxyl groups excluding tert-OH is 2. The Kier molecular flexibility index (Phi) is 52.6. The monoisotopic (exact) mass is 912 g/mol. The molecule has 1 amide bonds. The zero-order valence-corrected chi connectivity index (χ0v) is 43.2. The SMILES string of the molecule is CCCC/C=C\C/C=C\CCCCCCCC(=O)OCCCCCCCCCCCC/C=C\CCCCCCCCCC(=O)NC(CO)C(O)/C=C/CCCCCCCCCCCCC. The van der Waals surface area contributed by atoms with Gasteiger partial charge in [0.15, 0.2) is 0 Å². The van der Waals surface area contributed by atoms with Gasteiger partial charge in [0.25, 0.3) is 0 Å². The van der Waals surface area contributed by atoms with Crippen LogP contribution in [0.2, 0.25) is 0 Å². The maximum Gasteiger partial charge on any atom is 0.305 e. The van der Waals surface area contributed by atoms with E-state index in [1.165, 1.54) is 205 Å². The smallest absolute Gasteiger partial charge is 0.305 e. The molecule has 0 bridgehead atoms. The average molecular weight is 913 g/mol. The zero-order valence-electron chi connectivity index (χ0n) is 43.2. The number of carbonyl (C=O) groups excluding carboxylic acids is 2. The number of nitrogens with one attached hydrogen (secondary N) is 1. The average Bonchev–Trinajstić information content (AvgIpc) is 3.31. The fraction of sp³-hybridized carbons (Fsp3) is 0.831. The Labute approximate surface area is 404 Å². The molecule has 65 heavy (non-hydrogen) atoms. The Morgan fingerprint density at radius 1 is 0.431 bits per heavy atom. The summed E-state index contributed by atoms with van der Waals surface area (Å²) in [7, 11) is 0. The number of rotatable bonds is 52. The van der Waals surface area contributed by atoms with Crippen molar-refractivity contribution >= 4 is 11.9 Å². The lowest BCUT2D eigenvalue weighted by molar-refractivity contribution is -0.143. The molecular formula is C59H109NO5. The zero-order chi connectivity index (χ0) is 47.2. The summed E-state index contributed by atoms with van der Waals surface area (Å²) in [5.41, 5.74) is 0. The van der Waals surface area contributed by atoms with E-state index in [1.54, 1.807) is 6.08 Å². The quantitative estimate of drug-likeness (QED) is 0.0321. The molecule has 0 radical (unpaired) electrons. The van der Waals surface area contributed by atoms with Crippen LogP contribution >= 0.6 is 0 Å². The predicted molar refractivity (Wildman–Crippen MR) is 282 cm³/mol. The van der Waals surface area contributed by atoms with Gasteiger partial charge in [-0.15, -0.1) is 0 Å². The van der Waals surface area contributed by atoms with Crippen LogP contribution in [-0.4, -0.2) is 47.4 Å². The highest BCUT2D eigenvalue weighted by Gasteiger charge is 2.18. The molecule has 380 valence electrons. The molecule has 0 aliphatic rings. The van der Waals surface area contributed by atoms with Crippen molar-refractivity contribution in [3.63, 3.8) is 0 Å². The van der Waals surface area contributed by atoms with Crippen LogP contribution in [0.5, 0.6) is 0 Å². The van der Waals surface area contributed by atoms with Gasteiger partial charge in [-0.25, -0.2) is 0 Å². The molecule has 0 heterocycles. The van der Waals surface area contributed by atoms with Crippen molar-refractivity contribution in [2.75, 3.05) is 13.2 Å². The maximum absolute atomic E-state index is 12.4. The fourth-order valence-electron chi connectivity index (χ4n) is 8.41. The van der Waals surface area contributed by atoms with E-state index < -0.39 is 12.1 Å². The number of hydrogen-bond acceptors (Lipinski definition) is 5. The molecule has 0 aliphatic heterocycles. The van der Waals surface area contributed by atoms with Gasteiger partial charge in [0.05, 0.1) is 25.4 Å². The summed E-state index contributed by atoms with van der Waals surface area (Å²) in [6, 6.07) is -0.633. The third-order valence-electron chi connectivity index (χ3n) is 12.8. The number of hydrogen-bond donors (Lipinski definition) is 3. The van der Waals surface area contributed by atoms with E-state index in [0.717, 1.165) is 57.8 Å². The van der Waals surface area contributed by atoms with E-state index in [9.17, 15) is 19.8 Å². The molecule has 0 aromatic rings. The molecular weight excluding hydrogens is 803 g/mol. The van der Waals surface area contributed by atoms with Crippen molar-refractivity contribution in [3.05, 3.63) is 48.6 Å². The molecule has 0 fully saturated rings. The number of esters is 1. The van der Waals surface area contributed by atoms with Crippen molar-refractivity contribution in [2.24, 2.45) is 0 Å². The standard InChI is InChI=1S/C59H109NO5/c1-3-5-7-9-11-13-15-17-29-33-37-41-45-49-53-59(64)65-54-50-46-42-38-34-30-26-24-22-20-18-19-21-23-25-28-32-36-40-44-48-52-58(63)60-56(55-61)57(62)51-47-43-39-35-31-27-16-14-12-10-8-6-4-2/h9,11,15,17,19,21,47,51,56-57,61-62H,3-8,10,12-14,16,18,20,22-46,48-50,52-55H2,1-2H3,(H,60,63)/b11-9-,17-15-,21-19-,51-47+. The Morgan fingerprint density at radius 2 is 0.785 bits per heavy atom. The summed E-state index contributed by atoms with van der Waals surface area (Å²) in [6.45, 7) is 4.84. The van der Waals surface area contributed by atoms with E-state index in [0.29, 0.717) is 19.4 Å². The molecule has 0 aromatic heterocycles. The van der Waals surface area contributed by atoms with Gasteiger partial charge in [0.1, 0.15) is 0 Å². The van der Waals surface area contributed by atoms with Crippen LogP contribution in [0.1, 0.15) is 290 Å². The third-order valence-corrected chi connectivity index (χ3v) is 12.8. The highest BCUT2D eigenvalue weighted by molar-refractivity contribution is 5.76. The molecule has 6 nitrogen and oxygen atoms in total. The van der Waals surface area contributed by atoms with Crippen molar-refractivity contribution in [1.82, 2.24) is 5.32 Å². The minimum absolute atomic E-state index is 0.00775. The number of aliphatic hydroxyl groups is 2. The van der Waals surface area contributed by atoms with Crippen LogP contribution < -0.4 is 5.32 Å². The summed E-state index contributed by atoms with van der Waals surface area (Å²) < 4.78 is 5.46. The Morgan fingerprint density at radius 3 is 1.23 bits per heavy atom. The van der Waals surface area contributed by atoms with E-state index >= 15 is 0 Å². The first-order chi connectivity index (χ1) is 32.0. The van der Waals surface area contributed by atoms with Crippen LogP contribution in [0.4, 0.5) is 0 Å². The van der Waals surface area contributed by atoms with Gasteiger partial charge >= 0.3 is 5.97 Å². The first-order valence-corrected chi connectivity index (χ1v) is 28.4. The Hall–Kier alpha value is -2.18. The Balaban J connectivity index is 3.46. The van der Waals surface area contributed by atoms with Gasteiger partial charge < -0.3 is 20.3 Å². The molecule has 2 unspecified atom stereocenters. The molecule has 3 N–H and O–H groups in total. The molecule has 2 atom stereocenters. The van der Waals surface area contributed by atoms with E-state index in [2.05, 4.69) is 55.6 Å². The van der Waals surface area contributed by atoms with E-state index in [4.69, 9.17) is 4.74 Å². The molecule has 0 aliphatic carbocycles. The summed E-state index contributed by atoms with van der Waals surface area (Å²) in [5.74, 6) is -0.0847. The topological polar surface area (TPSA) is 95.9 Å². The van der Waals surface area contributed by atoms with Crippen LogP contribution in [0.3, 0.4) is 0 Å². The van der Waals surface area contributed by atoms with Crippen LogP contribution in [0.15, 0.2) is 48.6 Å². The molecule has 0 saturated heterocycles. The van der Waals surface area contributed by atoms with Gasteiger partial charge in [-0.05, 0) is 83.5 Å². The first kappa shape index (κ1) is 62.8. The van der Waals surface area contributed by atoms with Crippen molar-refractivity contribution in [3.8, 4) is 0 Å². The second-order valence-electron chi connectivity index (χ2n) is 19.3. The van der Waals surface area contributed by atoms with Gasteiger partial charge in [-0.2, -0.15) is 0 Å². The van der Waals surface area contributed by atoms with E-state index in [-0.39, 0.29) is 18.5 Å². The number of ether oxygens (including phenoxy) is 1. The van der Waals surface area contributed by atoms with Gasteiger partial charge in [0, 0.05) is 12.8 Å². The van der Waals surface area contributed by atoms with Gasteiger partial charge in [-0.1, -0.05) is 242 Å². The highest BCUT2D eigenvalue weighted by atomic mass is 16.5. The molecule has 0 saturated carbocycles. The predicted octanol–water partition coefficient (Wildman–Crippen LogP) is 17.4. The van der Waals surface area contributed by atoms with Crippen molar-refractivity contribution < 1.29 is 24.5 Å². The van der Waals surface area contributed by atoms with E-state index in [1.807, 2.05) is 6.08 Å². The maximum atomic E-state index is 12.4. The van der Waals surface area contributed by atoms with Crippen LogP contribution in [0, 0.1) is 0 Å². The lowest BCUT2D eigenvalue weighted by Gasteiger charge is -2.20. The van der Waals surface area contributed by atoms with Gasteiger partial charge in [0.2, 0.25) is 5.91 Å². The summed E-state index contributed by atoms with van der Waals surface area (Å²) in [6.07, 6.45) is 68.4. The second-order valence-corrected chi connectivity index (χ2v) is 19.3. The van der Waals surface area contributed by atoms with Crippen LogP contribution in [0.25, 0.3) is 0 Å². The number of amides is 1. The summed E-state index contributed by atoms with van der Waals surface area (Å²) in [5, 5.41) is 23.0. The summed E-state index contributed by atoms with van der Waals surface area (Å²) >= 11 is 0. The molecule has 6 heteroatoms. The Bertz CT molecular complexity index is 1100. The van der Waals surface area contributed by atoms with Crippen molar-refractivity contribution in [2.45, 2.75) is 302 Å². The second kappa shape index (κ2) is 54.4. The largest absolute Gasteiger partial charge is 0.466 e. The minimum Gasteiger partial charge on any atom is -0.466 e. The first-order valence-electron chi connectivity index (χ1n) is 28.4. The number of allylic oxidation sites excluding steroid dienone is 7. The number of carbonyl (C=O) groups is 2. The minimum atomic E-state index is -0.849. The molecule has 0 rings (SSSR count). The number of unbranched alkanes of at least 4 members (excludes halogenated alkanes) is 35. The molecule has 0 spiro atoms. The lowest BCUT2D eigenvalue weighted by Crippen LogP contribution is -2.45. The third kappa shape index (κ3) is 51.1. The molecule has 0 aromatic carbocycles. The van der Waals surface area contributed by atoms with Crippen molar-refractivity contribution in [1.29, 1.82) is 0 Å². The summed E-state index contributed by atoms with van der Waals surface area (Å²) in [4.78, 5) is 24.5. The fourth-order valence-corrected chi connectivity index (χ4v) is 8.41. The highest BCUT2D eigenvalue weighted by Crippen LogP contribution is 2.15. The van der Waals surface area contributed by atoms with Crippen LogP contribution in [-0.2, 0) is 14.3 Å². The normalized spacial score (nSPS) is 13.0.